The van der Waals surface area contributed by atoms with Crippen LogP contribution in [0.2, 0.25) is 0 Å². The number of benzene rings is 1. The van der Waals surface area contributed by atoms with E-state index in [0.29, 0.717) is 11.9 Å². The molecule has 0 aromatic heterocycles. The number of amides is 1. The molecule has 0 saturated heterocycles. The van der Waals surface area contributed by atoms with E-state index in [1.807, 2.05) is 11.8 Å². The summed E-state index contributed by atoms with van der Waals surface area (Å²) in [6, 6.07) is 6.96. The van der Waals surface area contributed by atoms with E-state index in [2.05, 4.69) is 44.3 Å². The van der Waals surface area contributed by atoms with Gasteiger partial charge in [-0.25, -0.2) is 0 Å². The molecule has 1 aliphatic heterocycles. The second-order valence-electron chi connectivity index (χ2n) is 6.10. The Morgan fingerprint density at radius 1 is 1.30 bits per heavy atom. The Morgan fingerprint density at radius 3 is 2.70 bits per heavy atom. The highest BCUT2D eigenvalue weighted by Crippen LogP contribution is 2.24. The molecule has 3 nitrogen and oxygen atoms in total. The number of nitrogens with one attached hydrogen (secondary N) is 1. The minimum absolute atomic E-state index is 0.137. The van der Waals surface area contributed by atoms with E-state index in [9.17, 15) is 4.79 Å². The molecule has 0 fully saturated rings. The zero-order valence-electron chi connectivity index (χ0n) is 13.1. The highest BCUT2D eigenvalue weighted by Gasteiger charge is 2.23. The van der Waals surface area contributed by atoms with Gasteiger partial charge in [0.25, 0.3) is 0 Å². The van der Waals surface area contributed by atoms with Crippen LogP contribution < -0.4 is 5.32 Å². The summed E-state index contributed by atoms with van der Waals surface area (Å²) in [4.78, 5) is 14.3. The molecule has 1 heterocycles. The quantitative estimate of drug-likeness (QED) is 0.912. The zero-order chi connectivity index (χ0) is 14.7. The molecule has 1 aromatic carbocycles. The second-order valence-corrected chi connectivity index (χ2v) is 6.10. The fraction of sp³-hybridized carbons (Fsp3) is 0.588. The molecule has 0 spiro atoms. The first-order valence-electron chi connectivity index (χ1n) is 7.68. The van der Waals surface area contributed by atoms with Crippen molar-refractivity contribution in [3.05, 3.63) is 29.3 Å². The number of fused-ring (bicyclic) bond motifs is 1. The van der Waals surface area contributed by atoms with E-state index in [0.717, 1.165) is 25.9 Å². The maximum atomic E-state index is 12.3. The Hall–Kier alpha value is -1.51. The lowest BCUT2D eigenvalue weighted by Crippen LogP contribution is -2.38. The molecule has 110 valence electrons. The van der Waals surface area contributed by atoms with Crippen LogP contribution in [-0.4, -0.2) is 23.4 Å². The lowest BCUT2D eigenvalue weighted by atomic mass is 9.97. The molecule has 1 unspecified atom stereocenters. The molecule has 2 rings (SSSR count). The van der Waals surface area contributed by atoms with Crippen LogP contribution in [0, 0.1) is 5.92 Å². The van der Waals surface area contributed by atoms with Gasteiger partial charge in [0, 0.05) is 30.7 Å². The van der Waals surface area contributed by atoms with E-state index in [4.69, 9.17) is 0 Å². The normalized spacial score (nSPS) is 15.9. The van der Waals surface area contributed by atoms with Gasteiger partial charge in [-0.05, 0) is 49.9 Å². The van der Waals surface area contributed by atoms with Gasteiger partial charge in [0.15, 0.2) is 0 Å². The van der Waals surface area contributed by atoms with E-state index >= 15 is 0 Å². The first-order chi connectivity index (χ1) is 9.51. The molecule has 0 aliphatic carbocycles. The lowest BCUT2D eigenvalue weighted by Gasteiger charge is -2.31. The van der Waals surface area contributed by atoms with E-state index < -0.39 is 0 Å². The van der Waals surface area contributed by atoms with Crippen molar-refractivity contribution in [2.75, 3.05) is 11.9 Å². The number of hydrogen-bond acceptors (Lipinski definition) is 2. The number of hydrogen-bond donors (Lipinski definition) is 1. The average molecular weight is 274 g/mol. The van der Waals surface area contributed by atoms with Crippen LogP contribution in [0.15, 0.2) is 18.2 Å². The van der Waals surface area contributed by atoms with Crippen molar-refractivity contribution in [1.82, 2.24) is 4.90 Å². The summed E-state index contributed by atoms with van der Waals surface area (Å²) in [5, 5.41) is 3.44. The van der Waals surface area contributed by atoms with Crippen LogP contribution in [0.3, 0.4) is 0 Å². The van der Waals surface area contributed by atoms with Crippen molar-refractivity contribution in [2.24, 2.45) is 5.92 Å². The van der Waals surface area contributed by atoms with Gasteiger partial charge >= 0.3 is 0 Å². The van der Waals surface area contributed by atoms with Crippen molar-refractivity contribution in [2.45, 2.75) is 53.1 Å². The van der Waals surface area contributed by atoms with Crippen LogP contribution >= 0.6 is 0 Å². The molecule has 1 aromatic rings. The van der Waals surface area contributed by atoms with Crippen molar-refractivity contribution in [3.8, 4) is 0 Å². The van der Waals surface area contributed by atoms with Gasteiger partial charge in [-0.15, -0.1) is 0 Å². The van der Waals surface area contributed by atoms with Crippen LogP contribution in [0.25, 0.3) is 0 Å². The summed E-state index contributed by atoms with van der Waals surface area (Å²) in [6.07, 6.45) is 1.88. The largest absolute Gasteiger partial charge is 0.383 e. The Bertz CT molecular complexity index is 482. The van der Waals surface area contributed by atoms with Crippen LogP contribution in [0.4, 0.5) is 5.69 Å². The topological polar surface area (TPSA) is 32.3 Å². The standard InChI is InChI=1S/C17H26N2O/c1-5-13(4)17(20)19-9-8-14-10-16(18-12(2)3)7-6-15(14)11-19/h6-7,10,12-13,18H,5,8-9,11H2,1-4H3. The molecule has 20 heavy (non-hydrogen) atoms. The number of nitrogens with zero attached hydrogens (tertiary/aromatic N) is 1. The fourth-order valence-corrected chi connectivity index (χ4v) is 2.65. The van der Waals surface area contributed by atoms with Crippen molar-refractivity contribution < 1.29 is 4.79 Å². The Kier molecular flexibility index (Phi) is 4.69. The first-order valence-corrected chi connectivity index (χ1v) is 7.68. The Morgan fingerprint density at radius 2 is 2.05 bits per heavy atom. The molecule has 1 amide bonds. The van der Waals surface area contributed by atoms with Gasteiger partial charge in [0.05, 0.1) is 0 Å². The summed E-state index contributed by atoms with van der Waals surface area (Å²) in [5.74, 6) is 0.431. The van der Waals surface area contributed by atoms with E-state index in [1.165, 1.54) is 16.8 Å². The molecular weight excluding hydrogens is 248 g/mol. The molecule has 0 bridgehead atoms. The van der Waals surface area contributed by atoms with Gasteiger partial charge in [-0.2, -0.15) is 0 Å². The van der Waals surface area contributed by atoms with E-state index in [-0.39, 0.29) is 5.92 Å². The van der Waals surface area contributed by atoms with Gasteiger partial charge in [-0.3, -0.25) is 4.79 Å². The predicted molar refractivity (Wildman–Crippen MR) is 83.8 cm³/mol. The van der Waals surface area contributed by atoms with Gasteiger partial charge in [0.1, 0.15) is 0 Å². The summed E-state index contributed by atoms with van der Waals surface area (Å²) in [5.41, 5.74) is 3.85. The molecular formula is C17H26N2O. The van der Waals surface area contributed by atoms with Crippen molar-refractivity contribution in [1.29, 1.82) is 0 Å². The minimum atomic E-state index is 0.137. The second kappa shape index (κ2) is 6.29. The third kappa shape index (κ3) is 3.33. The van der Waals surface area contributed by atoms with Crippen LogP contribution in [0.5, 0.6) is 0 Å². The van der Waals surface area contributed by atoms with Crippen LogP contribution in [-0.2, 0) is 17.8 Å². The van der Waals surface area contributed by atoms with E-state index in [1.54, 1.807) is 0 Å². The van der Waals surface area contributed by atoms with Gasteiger partial charge < -0.3 is 10.2 Å². The molecule has 3 heteroatoms. The maximum absolute atomic E-state index is 12.3. The minimum Gasteiger partial charge on any atom is -0.383 e. The lowest BCUT2D eigenvalue weighted by molar-refractivity contribution is -0.136. The monoisotopic (exact) mass is 274 g/mol. The number of carbonyl (C=O) groups is 1. The molecule has 0 saturated carbocycles. The van der Waals surface area contributed by atoms with Crippen LogP contribution in [0.1, 0.15) is 45.2 Å². The summed E-state index contributed by atoms with van der Waals surface area (Å²) in [6.45, 7) is 10.00. The predicted octanol–water partition coefficient (Wildman–Crippen LogP) is 3.44. The average Bonchev–Trinajstić information content (AvgIpc) is 2.44. The van der Waals surface area contributed by atoms with Crippen molar-refractivity contribution in [3.63, 3.8) is 0 Å². The molecule has 1 N–H and O–H groups in total. The van der Waals surface area contributed by atoms with Gasteiger partial charge in [0.2, 0.25) is 5.91 Å². The summed E-state index contributed by atoms with van der Waals surface area (Å²) < 4.78 is 0. The number of carbonyl (C=O) groups excluding carboxylic acids is 1. The van der Waals surface area contributed by atoms with Crippen molar-refractivity contribution >= 4 is 11.6 Å². The highest BCUT2D eigenvalue weighted by atomic mass is 16.2. The van der Waals surface area contributed by atoms with Gasteiger partial charge in [-0.1, -0.05) is 19.9 Å². The molecule has 1 atom stereocenters. The smallest absolute Gasteiger partial charge is 0.225 e. The third-order valence-corrected chi connectivity index (χ3v) is 4.02. The Labute approximate surface area is 122 Å². The number of anilines is 1. The first kappa shape index (κ1) is 14.9. The maximum Gasteiger partial charge on any atom is 0.225 e. The fourth-order valence-electron chi connectivity index (χ4n) is 2.65. The SMILES string of the molecule is CCC(C)C(=O)N1CCc2cc(NC(C)C)ccc2C1. The summed E-state index contributed by atoms with van der Waals surface area (Å²) >= 11 is 0. The third-order valence-electron chi connectivity index (χ3n) is 4.02. The number of rotatable bonds is 4. The molecule has 0 radical (unpaired) electrons. The Balaban J connectivity index is 2.09. The zero-order valence-corrected chi connectivity index (χ0v) is 13.1. The molecule has 1 aliphatic rings. The highest BCUT2D eigenvalue weighted by molar-refractivity contribution is 5.78. The summed E-state index contributed by atoms with van der Waals surface area (Å²) in [7, 11) is 0.